The molecule has 0 aliphatic heterocycles. The molecule has 5 nitrogen and oxygen atoms in total. The normalized spacial score (nSPS) is 15.2. The molecule has 0 spiro atoms. The van der Waals surface area contributed by atoms with Crippen molar-refractivity contribution < 1.29 is 8.83 Å². The molecule has 2 aliphatic carbocycles. The van der Waals surface area contributed by atoms with Crippen LogP contribution in [0, 0.1) is 5.92 Å². The summed E-state index contributed by atoms with van der Waals surface area (Å²) in [5.74, 6) is 3.04. The summed E-state index contributed by atoms with van der Waals surface area (Å²) in [4.78, 5) is 15.0. The van der Waals surface area contributed by atoms with Crippen LogP contribution < -0.4 is 0 Å². The molecule has 0 amide bonds. The average molecular weight is 668 g/mol. The van der Waals surface area contributed by atoms with Gasteiger partial charge in [-0.25, -0.2) is 15.0 Å². The van der Waals surface area contributed by atoms with Crippen molar-refractivity contribution in [3.8, 4) is 34.2 Å². The lowest BCUT2D eigenvalue weighted by atomic mass is 9.80. The maximum absolute atomic E-state index is 6.59. The van der Waals surface area contributed by atoms with Crippen molar-refractivity contribution in [1.82, 2.24) is 15.0 Å². The van der Waals surface area contributed by atoms with E-state index in [0.29, 0.717) is 17.5 Å². The summed E-state index contributed by atoms with van der Waals surface area (Å²) in [6.45, 7) is 0. The van der Waals surface area contributed by atoms with Crippen LogP contribution in [0.15, 0.2) is 166 Å². The van der Waals surface area contributed by atoms with Gasteiger partial charge in [0.2, 0.25) is 0 Å². The van der Waals surface area contributed by atoms with E-state index in [0.717, 1.165) is 67.3 Å². The molecule has 1 unspecified atom stereocenters. The smallest absolute Gasteiger partial charge is 0.164 e. The van der Waals surface area contributed by atoms with Crippen LogP contribution in [0.4, 0.5) is 0 Å². The van der Waals surface area contributed by atoms with Gasteiger partial charge in [-0.15, -0.1) is 0 Å². The van der Waals surface area contributed by atoms with Crippen LogP contribution in [-0.2, 0) is 6.42 Å². The largest absolute Gasteiger partial charge is 0.456 e. The minimum absolute atomic E-state index is 0.230. The van der Waals surface area contributed by atoms with Gasteiger partial charge in [0.05, 0.1) is 0 Å². The van der Waals surface area contributed by atoms with E-state index in [1.165, 1.54) is 27.5 Å². The van der Waals surface area contributed by atoms with E-state index in [1.54, 1.807) is 0 Å². The van der Waals surface area contributed by atoms with Crippen LogP contribution >= 0.6 is 0 Å². The fraction of sp³-hybridized carbons (Fsp3) is 0.0426. The molecule has 3 aromatic heterocycles. The molecule has 11 rings (SSSR count). The second-order valence-corrected chi connectivity index (χ2v) is 13.6. The summed E-state index contributed by atoms with van der Waals surface area (Å²) in [7, 11) is 0. The highest BCUT2D eigenvalue weighted by atomic mass is 16.3. The molecule has 0 radical (unpaired) electrons. The lowest BCUT2D eigenvalue weighted by molar-refractivity contribution is 0.586. The zero-order valence-electron chi connectivity index (χ0n) is 28.0. The highest BCUT2D eigenvalue weighted by Gasteiger charge is 2.28. The van der Waals surface area contributed by atoms with Gasteiger partial charge in [0.25, 0.3) is 0 Å². The third-order valence-electron chi connectivity index (χ3n) is 10.4. The van der Waals surface area contributed by atoms with Crippen molar-refractivity contribution in [3.05, 3.63) is 174 Å². The van der Waals surface area contributed by atoms with E-state index in [4.69, 9.17) is 23.8 Å². The highest BCUT2D eigenvalue weighted by Crippen LogP contribution is 2.43. The van der Waals surface area contributed by atoms with Gasteiger partial charge in [-0.3, -0.25) is 0 Å². The molecule has 5 heteroatoms. The summed E-state index contributed by atoms with van der Waals surface area (Å²) >= 11 is 0. The number of allylic oxidation sites excluding steroid dienone is 5. The summed E-state index contributed by atoms with van der Waals surface area (Å²) in [6.07, 6.45) is 9.95. The maximum Gasteiger partial charge on any atom is 0.164 e. The number of nitrogens with zero attached hydrogens (tertiary/aromatic N) is 3. The van der Waals surface area contributed by atoms with Crippen LogP contribution in [0.25, 0.3) is 89.5 Å². The van der Waals surface area contributed by atoms with Crippen molar-refractivity contribution >= 4 is 55.3 Å². The molecule has 0 N–H and O–H groups in total. The van der Waals surface area contributed by atoms with Gasteiger partial charge in [-0.2, -0.15) is 0 Å². The number of fused-ring (bicyclic) bond motifs is 8. The van der Waals surface area contributed by atoms with E-state index in [2.05, 4.69) is 85.0 Å². The number of benzene rings is 6. The molecule has 6 aromatic carbocycles. The second kappa shape index (κ2) is 11.3. The Hall–Kier alpha value is -6.85. The SMILES string of the molecule is C1=CC2Cc3c(oc4cccc(-c5nc(-c6ccccc6)nc(-c6ccccc6)n5)c34)C=C2C=C1c1ccc2oc3cc4ccccc4cc3c2c1. The summed E-state index contributed by atoms with van der Waals surface area (Å²) in [5, 5.41) is 5.72. The van der Waals surface area contributed by atoms with Gasteiger partial charge in [0.1, 0.15) is 22.5 Å². The standard InChI is InChI=1S/C47H29N3O2/c1-3-10-28(11-4-1)45-48-46(29-12-5-2-6-13-29)50-47(49-45)36-16-9-17-41-44(36)39-25-34-19-18-32(22-35(34)27-43(39)52-41)33-20-21-40-37(24-33)38-23-30-14-7-8-15-31(30)26-42(38)51-40/h1-24,26-27,34H,25H2. The Labute approximate surface area is 298 Å². The molecule has 3 heterocycles. The molecular formula is C47H29N3O2. The van der Waals surface area contributed by atoms with Gasteiger partial charge >= 0.3 is 0 Å². The van der Waals surface area contributed by atoms with Crippen molar-refractivity contribution in [3.63, 3.8) is 0 Å². The Morgan fingerprint density at radius 1 is 0.519 bits per heavy atom. The van der Waals surface area contributed by atoms with Crippen molar-refractivity contribution in [2.45, 2.75) is 6.42 Å². The first kappa shape index (κ1) is 28.9. The van der Waals surface area contributed by atoms with Crippen LogP contribution in [0.1, 0.15) is 16.9 Å². The topological polar surface area (TPSA) is 65.0 Å². The van der Waals surface area contributed by atoms with E-state index in [9.17, 15) is 0 Å². The molecule has 52 heavy (non-hydrogen) atoms. The number of hydrogen-bond donors (Lipinski definition) is 0. The molecule has 2 aliphatic rings. The van der Waals surface area contributed by atoms with Crippen molar-refractivity contribution in [2.75, 3.05) is 0 Å². The van der Waals surface area contributed by atoms with E-state index < -0.39 is 0 Å². The average Bonchev–Trinajstić information content (AvgIpc) is 3.76. The van der Waals surface area contributed by atoms with Gasteiger partial charge in [0, 0.05) is 44.3 Å². The second-order valence-electron chi connectivity index (χ2n) is 13.6. The molecule has 1 atom stereocenters. The molecule has 244 valence electrons. The van der Waals surface area contributed by atoms with E-state index in [-0.39, 0.29) is 5.92 Å². The van der Waals surface area contributed by atoms with E-state index >= 15 is 0 Å². The Kier molecular flexibility index (Phi) is 6.31. The minimum Gasteiger partial charge on any atom is -0.456 e. The monoisotopic (exact) mass is 667 g/mol. The highest BCUT2D eigenvalue weighted by molar-refractivity contribution is 6.11. The molecule has 9 aromatic rings. The quantitative estimate of drug-likeness (QED) is 0.187. The minimum atomic E-state index is 0.230. The third kappa shape index (κ3) is 4.67. The molecule has 0 saturated carbocycles. The first-order valence-electron chi connectivity index (χ1n) is 17.6. The third-order valence-corrected chi connectivity index (χ3v) is 10.4. The fourth-order valence-electron chi connectivity index (χ4n) is 7.86. The summed E-state index contributed by atoms with van der Waals surface area (Å²) in [5.41, 5.74) is 10.2. The van der Waals surface area contributed by atoms with Gasteiger partial charge in [0.15, 0.2) is 17.5 Å². The van der Waals surface area contributed by atoms with Gasteiger partial charge in [-0.05, 0) is 70.3 Å². The van der Waals surface area contributed by atoms with Gasteiger partial charge < -0.3 is 8.83 Å². The zero-order chi connectivity index (χ0) is 34.2. The number of rotatable bonds is 4. The molecule has 0 bridgehead atoms. The first-order valence-corrected chi connectivity index (χ1v) is 17.6. The predicted octanol–water partition coefficient (Wildman–Crippen LogP) is 11.9. The molecule has 0 fully saturated rings. The summed E-state index contributed by atoms with van der Waals surface area (Å²) < 4.78 is 12.9. The van der Waals surface area contributed by atoms with E-state index in [1.807, 2.05) is 72.8 Å². The Morgan fingerprint density at radius 3 is 1.98 bits per heavy atom. The van der Waals surface area contributed by atoms with Crippen LogP contribution in [0.2, 0.25) is 0 Å². The number of furan rings is 2. The van der Waals surface area contributed by atoms with Crippen LogP contribution in [0.5, 0.6) is 0 Å². The maximum atomic E-state index is 6.59. The Bertz CT molecular complexity index is 2930. The Morgan fingerprint density at radius 2 is 1.21 bits per heavy atom. The lowest BCUT2D eigenvalue weighted by Gasteiger charge is -2.23. The lowest BCUT2D eigenvalue weighted by Crippen LogP contribution is -2.11. The van der Waals surface area contributed by atoms with Crippen LogP contribution in [0.3, 0.4) is 0 Å². The van der Waals surface area contributed by atoms with Crippen molar-refractivity contribution in [1.29, 1.82) is 0 Å². The zero-order valence-corrected chi connectivity index (χ0v) is 28.0. The number of hydrogen-bond acceptors (Lipinski definition) is 5. The predicted molar refractivity (Wildman–Crippen MR) is 209 cm³/mol. The summed E-state index contributed by atoms with van der Waals surface area (Å²) in [6, 6.07) is 45.7. The number of aromatic nitrogens is 3. The molecular weight excluding hydrogens is 639 g/mol. The Balaban J connectivity index is 1.01. The first-order chi connectivity index (χ1) is 25.7. The van der Waals surface area contributed by atoms with Crippen LogP contribution in [-0.4, -0.2) is 15.0 Å². The molecule has 0 saturated heterocycles. The van der Waals surface area contributed by atoms with Gasteiger partial charge in [-0.1, -0.05) is 121 Å². The fourth-order valence-corrected chi connectivity index (χ4v) is 7.86. The van der Waals surface area contributed by atoms with Crippen molar-refractivity contribution in [2.24, 2.45) is 5.92 Å².